The van der Waals surface area contributed by atoms with Crippen LogP contribution in [0.1, 0.15) is 64.5 Å². The molecule has 0 bridgehead atoms. The molecular formula is C15H24O. The average molecular weight is 220 g/mol. The molecule has 0 radical (unpaired) electrons. The van der Waals surface area contributed by atoms with Crippen molar-refractivity contribution in [3.05, 3.63) is 29.3 Å². The lowest BCUT2D eigenvalue weighted by molar-refractivity contribution is 0.428. The molecule has 0 aliphatic rings. The van der Waals surface area contributed by atoms with Crippen LogP contribution in [0.2, 0.25) is 0 Å². The quantitative estimate of drug-likeness (QED) is 0.786. The minimum atomic E-state index is 0.0492. The molecule has 0 heterocycles. The van der Waals surface area contributed by atoms with Gasteiger partial charge >= 0.3 is 0 Å². The molecule has 1 atom stereocenters. The van der Waals surface area contributed by atoms with Gasteiger partial charge in [-0.05, 0) is 41.4 Å². The van der Waals surface area contributed by atoms with Crippen molar-refractivity contribution in [2.24, 2.45) is 0 Å². The molecule has 1 nitrogen and oxygen atoms in total. The van der Waals surface area contributed by atoms with Crippen molar-refractivity contribution in [3.8, 4) is 5.75 Å². The van der Waals surface area contributed by atoms with Crippen LogP contribution in [0, 0.1) is 0 Å². The van der Waals surface area contributed by atoms with E-state index >= 15 is 0 Å². The van der Waals surface area contributed by atoms with Crippen molar-refractivity contribution in [2.75, 3.05) is 0 Å². The first-order valence-electron chi connectivity index (χ1n) is 6.25. The molecule has 0 aromatic heterocycles. The van der Waals surface area contributed by atoms with E-state index < -0.39 is 0 Å². The lowest BCUT2D eigenvalue weighted by Crippen LogP contribution is -2.16. The van der Waals surface area contributed by atoms with Crippen LogP contribution in [0.25, 0.3) is 0 Å². The fourth-order valence-corrected chi connectivity index (χ4v) is 1.83. The van der Waals surface area contributed by atoms with Gasteiger partial charge in [0.05, 0.1) is 0 Å². The number of benzene rings is 1. The van der Waals surface area contributed by atoms with Gasteiger partial charge < -0.3 is 5.11 Å². The van der Waals surface area contributed by atoms with Gasteiger partial charge in [-0.2, -0.15) is 0 Å². The highest BCUT2D eigenvalue weighted by Gasteiger charge is 2.22. The monoisotopic (exact) mass is 220 g/mol. The molecule has 0 amide bonds. The van der Waals surface area contributed by atoms with Gasteiger partial charge in [0.15, 0.2) is 0 Å². The number of phenols is 1. The van der Waals surface area contributed by atoms with Crippen LogP contribution in [0.5, 0.6) is 5.75 Å². The number of rotatable bonds is 4. The zero-order valence-corrected chi connectivity index (χ0v) is 11.2. The number of hydrogen-bond acceptors (Lipinski definition) is 1. The molecule has 0 aliphatic heterocycles. The molecule has 1 aromatic rings. The van der Waals surface area contributed by atoms with E-state index in [1.165, 1.54) is 5.56 Å². The number of aromatic hydroxyl groups is 1. The molecule has 1 rings (SSSR count). The van der Waals surface area contributed by atoms with Crippen molar-refractivity contribution in [3.63, 3.8) is 0 Å². The van der Waals surface area contributed by atoms with Crippen molar-refractivity contribution >= 4 is 0 Å². The van der Waals surface area contributed by atoms with Crippen molar-refractivity contribution in [1.82, 2.24) is 0 Å². The van der Waals surface area contributed by atoms with Gasteiger partial charge in [0, 0.05) is 0 Å². The van der Waals surface area contributed by atoms with Crippen molar-refractivity contribution < 1.29 is 5.11 Å². The highest BCUT2D eigenvalue weighted by molar-refractivity contribution is 5.41. The zero-order chi connectivity index (χ0) is 12.3. The third kappa shape index (κ3) is 2.58. The normalized spacial score (nSPS) is 13.8. The van der Waals surface area contributed by atoms with E-state index in [0.717, 1.165) is 18.4 Å². The van der Waals surface area contributed by atoms with E-state index in [1.807, 2.05) is 12.1 Å². The summed E-state index contributed by atoms with van der Waals surface area (Å²) in [5.41, 5.74) is 2.46. The summed E-state index contributed by atoms with van der Waals surface area (Å²) in [6, 6.07) is 6.06. The number of hydrogen-bond donors (Lipinski definition) is 1. The van der Waals surface area contributed by atoms with E-state index in [-0.39, 0.29) is 5.41 Å². The Kier molecular flexibility index (Phi) is 4.01. The minimum absolute atomic E-state index is 0.0492. The van der Waals surface area contributed by atoms with Gasteiger partial charge in [0.1, 0.15) is 5.75 Å². The lowest BCUT2D eigenvalue weighted by atomic mass is 9.80. The molecule has 0 spiro atoms. The largest absolute Gasteiger partial charge is 0.508 e. The maximum atomic E-state index is 9.96. The third-order valence-electron chi connectivity index (χ3n) is 3.82. The second-order valence-electron chi connectivity index (χ2n) is 5.32. The van der Waals surface area contributed by atoms with Gasteiger partial charge in [0.25, 0.3) is 0 Å². The molecule has 90 valence electrons. The Balaban J connectivity index is 3.18. The van der Waals surface area contributed by atoms with Crippen LogP contribution >= 0.6 is 0 Å². The SMILES string of the molecule is CCC(C)c1ccc(O)c(C(C)(C)CC)c1. The summed E-state index contributed by atoms with van der Waals surface area (Å²) in [7, 11) is 0. The Morgan fingerprint density at radius 1 is 1.25 bits per heavy atom. The minimum Gasteiger partial charge on any atom is -0.508 e. The maximum Gasteiger partial charge on any atom is 0.119 e. The molecule has 1 aromatic carbocycles. The Hall–Kier alpha value is -0.980. The predicted molar refractivity (Wildman–Crippen MR) is 70.1 cm³/mol. The topological polar surface area (TPSA) is 20.2 Å². The van der Waals surface area contributed by atoms with E-state index in [9.17, 15) is 5.11 Å². The van der Waals surface area contributed by atoms with Gasteiger partial charge in [-0.1, -0.05) is 46.8 Å². The van der Waals surface area contributed by atoms with E-state index in [4.69, 9.17) is 0 Å². The zero-order valence-electron chi connectivity index (χ0n) is 11.2. The average Bonchev–Trinajstić information content (AvgIpc) is 2.28. The Labute approximate surface area is 99.5 Å². The molecule has 0 saturated carbocycles. The highest BCUT2D eigenvalue weighted by atomic mass is 16.3. The van der Waals surface area contributed by atoms with E-state index in [1.54, 1.807) is 0 Å². The van der Waals surface area contributed by atoms with Crippen molar-refractivity contribution in [2.45, 2.75) is 58.8 Å². The molecule has 0 aliphatic carbocycles. The third-order valence-corrected chi connectivity index (χ3v) is 3.82. The summed E-state index contributed by atoms with van der Waals surface area (Å²) in [5, 5.41) is 9.96. The highest BCUT2D eigenvalue weighted by Crippen LogP contribution is 2.35. The Morgan fingerprint density at radius 2 is 1.88 bits per heavy atom. The van der Waals surface area contributed by atoms with Crippen LogP contribution in [0.3, 0.4) is 0 Å². The second-order valence-corrected chi connectivity index (χ2v) is 5.32. The summed E-state index contributed by atoms with van der Waals surface area (Å²) in [4.78, 5) is 0. The lowest BCUT2D eigenvalue weighted by Gasteiger charge is -2.25. The van der Waals surface area contributed by atoms with Gasteiger partial charge in [-0.25, -0.2) is 0 Å². The summed E-state index contributed by atoms with van der Waals surface area (Å²) >= 11 is 0. The fourth-order valence-electron chi connectivity index (χ4n) is 1.83. The summed E-state index contributed by atoms with van der Waals surface area (Å²) in [6.45, 7) is 11.0. The van der Waals surface area contributed by atoms with E-state index in [2.05, 4.69) is 40.7 Å². The molecule has 0 saturated heterocycles. The first-order chi connectivity index (χ1) is 7.42. The molecule has 1 unspecified atom stereocenters. The van der Waals surface area contributed by atoms with Crippen LogP contribution in [-0.4, -0.2) is 5.11 Å². The first-order valence-corrected chi connectivity index (χ1v) is 6.25. The molecule has 0 fully saturated rings. The van der Waals surface area contributed by atoms with E-state index in [0.29, 0.717) is 11.7 Å². The predicted octanol–water partition coefficient (Wildman–Crippen LogP) is 4.59. The molecule has 1 heteroatoms. The fraction of sp³-hybridized carbons (Fsp3) is 0.600. The number of phenolic OH excluding ortho intramolecular Hbond substituents is 1. The smallest absolute Gasteiger partial charge is 0.119 e. The van der Waals surface area contributed by atoms with Crippen LogP contribution in [-0.2, 0) is 5.41 Å². The second kappa shape index (κ2) is 4.90. The van der Waals surface area contributed by atoms with Gasteiger partial charge in [-0.3, -0.25) is 0 Å². The van der Waals surface area contributed by atoms with Crippen LogP contribution in [0.4, 0.5) is 0 Å². The molecule has 16 heavy (non-hydrogen) atoms. The van der Waals surface area contributed by atoms with Crippen LogP contribution in [0.15, 0.2) is 18.2 Å². The standard InChI is InChI=1S/C15H24O/c1-6-11(3)12-8-9-14(16)13(10-12)15(4,5)7-2/h8-11,16H,6-7H2,1-5H3. The van der Waals surface area contributed by atoms with Crippen LogP contribution < -0.4 is 0 Å². The molecular weight excluding hydrogens is 196 g/mol. The van der Waals surface area contributed by atoms with Crippen molar-refractivity contribution in [1.29, 1.82) is 0 Å². The van der Waals surface area contributed by atoms with Gasteiger partial charge in [-0.15, -0.1) is 0 Å². The Bertz CT molecular complexity index is 352. The summed E-state index contributed by atoms with van der Waals surface area (Å²) < 4.78 is 0. The summed E-state index contributed by atoms with van der Waals surface area (Å²) in [6.07, 6.45) is 2.17. The molecule has 1 N–H and O–H groups in total. The summed E-state index contributed by atoms with van der Waals surface area (Å²) in [5.74, 6) is 0.992. The maximum absolute atomic E-state index is 9.96. The van der Waals surface area contributed by atoms with Gasteiger partial charge in [0.2, 0.25) is 0 Å². The first kappa shape index (κ1) is 13.1. The Morgan fingerprint density at radius 3 is 2.38 bits per heavy atom.